The summed E-state index contributed by atoms with van der Waals surface area (Å²) < 4.78 is 2.53. The van der Waals surface area contributed by atoms with Crippen LogP contribution in [-0.2, 0) is 6.42 Å². The summed E-state index contributed by atoms with van der Waals surface area (Å²) in [6, 6.07) is 30.5. The van der Waals surface area contributed by atoms with Crippen LogP contribution in [0.15, 0.2) is 106 Å². The maximum absolute atomic E-state index is 14.0. The highest BCUT2D eigenvalue weighted by Gasteiger charge is 2.33. The maximum Gasteiger partial charge on any atom is 0.271 e. The standard InChI is InChI=1S/C31H21ClN2OS/c32-26-15-6-5-14-24(26)29-25-17-16-20-9-2-4-13-23(20)28(25)33-31-34(29)30(35)27(36-31)18-21-11-7-10-19-8-1-3-12-22(19)21/h1-15,18,29H,16-17H2. The molecule has 1 aromatic heterocycles. The average molecular weight is 505 g/mol. The Morgan fingerprint density at radius 2 is 1.67 bits per heavy atom. The SMILES string of the molecule is O=c1c(=Cc2cccc3ccccc23)sc2n1C(c1ccccc1Cl)C1=C(N=2)c2ccccc2CC1. The number of rotatable bonds is 2. The van der Waals surface area contributed by atoms with Gasteiger partial charge < -0.3 is 0 Å². The Kier molecular flexibility index (Phi) is 5.05. The second-order valence-corrected chi connectivity index (χ2v) is 10.6. The largest absolute Gasteiger partial charge is 0.272 e. The maximum atomic E-state index is 14.0. The number of fused-ring (bicyclic) bond motifs is 4. The fourth-order valence-corrected chi connectivity index (χ4v) is 6.74. The van der Waals surface area contributed by atoms with Crippen LogP contribution in [0.4, 0.5) is 0 Å². The summed E-state index contributed by atoms with van der Waals surface area (Å²) >= 11 is 8.19. The number of nitrogens with zero attached hydrogens (tertiary/aromatic N) is 2. The number of aryl methyl sites for hydroxylation is 1. The Morgan fingerprint density at radius 3 is 2.58 bits per heavy atom. The van der Waals surface area contributed by atoms with Crippen molar-refractivity contribution < 1.29 is 0 Å². The minimum absolute atomic E-state index is 0.0259. The number of hydrogen-bond acceptors (Lipinski definition) is 3. The first-order valence-electron chi connectivity index (χ1n) is 12.0. The molecule has 0 N–H and O–H groups in total. The average Bonchev–Trinajstić information content (AvgIpc) is 3.22. The van der Waals surface area contributed by atoms with Gasteiger partial charge in [-0.1, -0.05) is 108 Å². The van der Waals surface area contributed by atoms with Crippen LogP contribution in [0.1, 0.15) is 34.7 Å². The van der Waals surface area contributed by atoms with Gasteiger partial charge in [0.25, 0.3) is 5.56 Å². The molecule has 2 heterocycles. The van der Waals surface area contributed by atoms with Crippen molar-refractivity contribution >= 4 is 45.5 Å². The van der Waals surface area contributed by atoms with Gasteiger partial charge in [-0.3, -0.25) is 9.36 Å². The molecule has 5 heteroatoms. The molecular formula is C31H21ClN2OS. The van der Waals surface area contributed by atoms with Crippen molar-refractivity contribution in [1.29, 1.82) is 0 Å². The van der Waals surface area contributed by atoms with Crippen LogP contribution < -0.4 is 14.9 Å². The summed E-state index contributed by atoms with van der Waals surface area (Å²) in [5.74, 6) is 0. The lowest BCUT2D eigenvalue weighted by atomic mass is 9.83. The number of allylic oxidation sites excluding steroid dienone is 1. The van der Waals surface area contributed by atoms with Crippen LogP contribution in [0.5, 0.6) is 0 Å². The van der Waals surface area contributed by atoms with Crippen molar-refractivity contribution in [3.8, 4) is 0 Å². The quantitative estimate of drug-likeness (QED) is 0.285. The molecule has 2 aliphatic rings. The van der Waals surface area contributed by atoms with Crippen LogP contribution >= 0.6 is 22.9 Å². The van der Waals surface area contributed by atoms with Crippen molar-refractivity contribution in [2.45, 2.75) is 18.9 Å². The van der Waals surface area contributed by atoms with Crippen molar-refractivity contribution in [1.82, 2.24) is 4.57 Å². The monoisotopic (exact) mass is 504 g/mol. The normalized spacial score (nSPS) is 16.9. The molecule has 7 rings (SSSR count). The fourth-order valence-electron chi connectivity index (χ4n) is 5.51. The lowest BCUT2D eigenvalue weighted by Gasteiger charge is -2.31. The molecule has 3 nitrogen and oxygen atoms in total. The van der Waals surface area contributed by atoms with Gasteiger partial charge in [-0.15, -0.1) is 0 Å². The molecule has 1 aliphatic heterocycles. The number of halogens is 1. The molecule has 0 spiro atoms. The van der Waals surface area contributed by atoms with Crippen LogP contribution in [0.2, 0.25) is 5.02 Å². The van der Waals surface area contributed by atoms with E-state index in [1.54, 1.807) is 0 Å². The van der Waals surface area contributed by atoms with E-state index >= 15 is 0 Å². The third kappa shape index (κ3) is 3.33. The van der Waals surface area contributed by atoms with E-state index in [1.165, 1.54) is 16.9 Å². The highest BCUT2D eigenvalue weighted by molar-refractivity contribution is 7.07. The molecule has 174 valence electrons. The third-order valence-corrected chi connectivity index (χ3v) is 8.51. The molecule has 4 aromatic carbocycles. The lowest BCUT2D eigenvalue weighted by molar-refractivity contribution is 0.585. The first kappa shape index (κ1) is 21.5. The van der Waals surface area contributed by atoms with Crippen molar-refractivity contribution in [3.05, 3.63) is 144 Å². The number of thiazole rings is 1. The first-order valence-corrected chi connectivity index (χ1v) is 13.2. The molecule has 36 heavy (non-hydrogen) atoms. The Bertz CT molecular complexity index is 1890. The van der Waals surface area contributed by atoms with Crippen LogP contribution in [-0.4, -0.2) is 4.57 Å². The van der Waals surface area contributed by atoms with Gasteiger partial charge >= 0.3 is 0 Å². The highest BCUT2D eigenvalue weighted by atomic mass is 35.5. The molecule has 0 bridgehead atoms. The van der Waals surface area contributed by atoms with Crippen LogP contribution in [0.3, 0.4) is 0 Å². The van der Waals surface area contributed by atoms with Gasteiger partial charge in [-0.05, 0) is 58.0 Å². The predicted molar refractivity (Wildman–Crippen MR) is 148 cm³/mol. The molecule has 0 saturated heterocycles. The highest BCUT2D eigenvalue weighted by Crippen LogP contribution is 2.42. The fraction of sp³-hybridized carbons (Fsp3) is 0.0968. The molecule has 0 radical (unpaired) electrons. The Hall–Kier alpha value is -3.73. The summed E-state index contributed by atoms with van der Waals surface area (Å²) in [4.78, 5) is 19.8. The van der Waals surface area contributed by atoms with Crippen LogP contribution in [0.25, 0.3) is 22.5 Å². The summed E-state index contributed by atoms with van der Waals surface area (Å²) in [6.07, 6.45) is 3.78. The van der Waals surface area contributed by atoms with Crippen LogP contribution in [0, 0.1) is 0 Å². The minimum atomic E-state index is -0.270. The van der Waals surface area contributed by atoms with E-state index in [1.807, 2.05) is 53.1 Å². The zero-order chi connectivity index (χ0) is 24.2. The molecule has 0 fully saturated rings. The summed E-state index contributed by atoms with van der Waals surface area (Å²) in [7, 11) is 0. The zero-order valence-corrected chi connectivity index (χ0v) is 20.9. The summed E-state index contributed by atoms with van der Waals surface area (Å²) in [5.41, 5.74) is 6.54. The second-order valence-electron chi connectivity index (χ2n) is 9.20. The van der Waals surface area contributed by atoms with Gasteiger partial charge in [-0.25, -0.2) is 4.99 Å². The molecule has 1 atom stereocenters. The van der Waals surface area contributed by atoms with Gasteiger partial charge in [0.15, 0.2) is 4.80 Å². The van der Waals surface area contributed by atoms with Crippen molar-refractivity contribution in [3.63, 3.8) is 0 Å². The molecule has 5 aromatic rings. The summed E-state index contributed by atoms with van der Waals surface area (Å²) in [5, 5.41) is 2.94. The number of aromatic nitrogens is 1. The van der Waals surface area contributed by atoms with Gasteiger partial charge in [0.2, 0.25) is 0 Å². The van der Waals surface area contributed by atoms with E-state index in [-0.39, 0.29) is 11.6 Å². The van der Waals surface area contributed by atoms with Crippen molar-refractivity contribution in [2.75, 3.05) is 0 Å². The first-order chi connectivity index (χ1) is 17.7. The number of benzene rings is 4. The van der Waals surface area contributed by atoms with Gasteiger partial charge in [0.1, 0.15) is 0 Å². The van der Waals surface area contributed by atoms with E-state index in [2.05, 4.69) is 48.5 Å². The predicted octanol–water partition coefficient (Wildman–Crippen LogP) is 6.13. The topological polar surface area (TPSA) is 34.4 Å². The van der Waals surface area contributed by atoms with Gasteiger partial charge in [0, 0.05) is 10.6 Å². The Morgan fingerprint density at radius 1 is 0.889 bits per heavy atom. The van der Waals surface area contributed by atoms with Gasteiger partial charge in [-0.2, -0.15) is 0 Å². The molecule has 1 aliphatic carbocycles. The van der Waals surface area contributed by atoms with E-state index in [0.29, 0.717) is 14.4 Å². The van der Waals surface area contributed by atoms with Crippen molar-refractivity contribution in [2.24, 2.45) is 4.99 Å². The van der Waals surface area contributed by atoms with E-state index < -0.39 is 0 Å². The third-order valence-electron chi connectivity index (χ3n) is 7.18. The smallest absolute Gasteiger partial charge is 0.271 e. The zero-order valence-electron chi connectivity index (χ0n) is 19.3. The lowest BCUT2D eigenvalue weighted by Crippen LogP contribution is -2.38. The molecule has 0 saturated carbocycles. The van der Waals surface area contributed by atoms with E-state index in [9.17, 15) is 4.79 Å². The number of hydrogen-bond donors (Lipinski definition) is 0. The Labute approximate surface area is 217 Å². The van der Waals surface area contributed by atoms with E-state index in [0.717, 1.165) is 51.6 Å². The molecule has 1 unspecified atom stereocenters. The van der Waals surface area contributed by atoms with E-state index in [4.69, 9.17) is 16.6 Å². The van der Waals surface area contributed by atoms with Gasteiger partial charge in [0.05, 0.1) is 16.3 Å². The summed E-state index contributed by atoms with van der Waals surface area (Å²) in [6.45, 7) is 0. The molecular weight excluding hydrogens is 484 g/mol. The minimum Gasteiger partial charge on any atom is -0.272 e. The molecule has 0 amide bonds. The second kappa shape index (κ2) is 8.44. The Balaban J connectivity index is 1.52.